The van der Waals surface area contributed by atoms with E-state index in [4.69, 9.17) is 0 Å². The van der Waals surface area contributed by atoms with Gasteiger partial charge in [0.05, 0.1) is 6.04 Å². The molecule has 112 valence electrons. The number of ketones is 1. The van der Waals surface area contributed by atoms with Crippen molar-refractivity contribution in [3.8, 4) is 0 Å². The number of aliphatic hydroxyl groups is 1. The van der Waals surface area contributed by atoms with Crippen molar-refractivity contribution < 1.29 is 14.7 Å². The maximum atomic E-state index is 12.2. The maximum absolute atomic E-state index is 12.2. The van der Waals surface area contributed by atoms with Gasteiger partial charge in [-0.2, -0.15) is 0 Å². The van der Waals surface area contributed by atoms with Gasteiger partial charge in [-0.1, -0.05) is 32.6 Å². The van der Waals surface area contributed by atoms with E-state index in [1.165, 1.54) is 12.8 Å². The van der Waals surface area contributed by atoms with Crippen LogP contribution in [0.3, 0.4) is 0 Å². The number of rotatable bonds is 7. The average molecular weight is 279 g/mol. The number of amides is 1. The van der Waals surface area contributed by atoms with Crippen LogP contribution in [0.2, 0.25) is 0 Å². The molecule has 1 fully saturated rings. The summed E-state index contributed by atoms with van der Waals surface area (Å²) < 4.78 is 0. The van der Waals surface area contributed by atoms with Gasteiger partial charge in [0.2, 0.25) is 0 Å². The summed E-state index contributed by atoms with van der Waals surface area (Å²) in [6.07, 6.45) is 8.48. The molecule has 0 aliphatic carbocycles. The highest BCUT2D eigenvalue weighted by Crippen LogP contribution is 2.32. The largest absolute Gasteiger partial charge is 0.509 e. The molecular weight excluding hydrogens is 254 g/mol. The lowest BCUT2D eigenvalue weighted by Crippen LogP contribution is -2.39. The minimum Gasteiger partial charge on any atom is -0.509 e. The van der Waals surface area contributed by atoms with E-state index < -0.39 is 0 Å². The van der Waals surface area contributed by atoms with Crippen molar-refractivity contribution in [3.05, 3.63) is 11.3 Å². The summed E-state index contributed by atoms with van der Waals surface area (Å²) >= 11 is 0. The Kier molecular flexibility index (Phi) is 5.21. The van der Waals surface area contributed by atoms with Crippen LogP contribution in [0, 0.1) is 0 Å². The molecule has 0 aromatic heterocycles. The number of carbonyl (C=O) groups is 2. The van der Waals surface area contributed by atoms with E-state index in [1.54, 1.807) is 4.90 Å². The topological polar surface area (TPSA) is 57.6 Å². The Morgan fingerprint density at radius 2 is 2.00 bits per heavy atom. The number of unbranched alkanes of at least 4 members (excludes halogenated alkanes) is 4. The fraction of sp³-hybridized carbons (Fsp3) is 0.750. The van der Waals surface area contributed by atoms with Crippen LogP contribution < -0.4 is 0 Å². The molecule has 2 heterocycles. The van der Waals surface area contributed by atoms with Crippen LogP contribution in [0.15, 0.2) is 11.3 Å². The number of hydrogen-bond acceptors (Lipinski definition) is 3. The minimum atomic E-state index is -0.245. The average Bonchev–Trinajstić information content (AvgIpc) is 2.71. The second-order valence-electron chi connectivity index (χ2n) is 5.86. The molecular formula is C16H25NO3. The zero-order valence-corrected chi connectivity index (χ0v) is 12.4. The lowest BCUT2D eigenvalue weighted by atomic mass is 10.0. The predicted molar refractivity (Wildman–Crippen MR) is 77.4 cm³/mol. The van der Waals surface area contributed by atoms with Crippen molar-refractivity contribution in [2.75, 3.05) is 6.54 Å². The van der Waals surface area contributed by atoms with Gasteiger partial charge in [0.15, 0.2) is 5.78 Å². The van der Waals surface area contributed by atoms with Crippen LogP contribution in [-0.2, 0) is 9.59 Å². The van der Waals surface area contributed by atoms with Crippen molar-refractivity contribution >= 4 is 11.7 Å². The summed E-state index contributed by atoms with van der Waals surface area (Å²) in [5.74, 6) is -0.377. The Balaban J connectivity index is 1.91. The summed E-state index contributed by atoms with van der Waals surface area (Å²) in [7, 11) is 0. The molecule has 1 N–H and O–H groups in total. The summed E-state index contributed by atoms with van der Waals surface area (Å²) in [6, 6.07) is -0.227. The lowest BCUT2D eigenvalue weighted by molar-refractivity contribution is -0.130. The number of hydrogen-bond donors (Lipinski definition) is 1. The third-order valence-electron chi connectivity index (χ3n) is 4.34. The number of nitrogens with zero attached hydrogens (tertiary/aromatic N) is 1. The quantitative estimate of drug-likeness (QED) is 0.575. The van der Waals surface area contributed by atoms with Gasteiger partial charge in [-0.15, -0.1) is 0 Å². The molecule has 0 unspecified atom stereocenters. The predicted octanol–water partition coefficient (Wildman–Crippen LogP) is 3.12. The van der Waals surface area contributed by atoms with E-state index in [-0.39, 0.29) is 29.1 Å². The van der Waals surface area contributed by atoms with Crippen molar-refractivity contribution in [1.29, 1.82) is 0 Å². The fourth-order valence-electron chi connectivity index (χ4n) is 3.15. The van der Waals surface area contributed by atoms with Gasteiger partial charge < -0.3 is 10.0 Å². The number of Topliss-reactive ketones (excluding diaryl/α,β-unsaturated/α-hetero) is 1. The first-order valence-electron chi connectivity index (χ1n) is 7.94. The summed E-state index contributed by atoms with van der Waals surface area (Å²) in [6.45, 7) is 2.82. The van der Waals surface area contributed by atoms with Gasteiger partial charge >= 0.3 is 0 Å². The Bertz CT molecular complexity index is 414. The van der Waals surface area contributed by atoms with E-state index in [0.29, 0.717) is 13.0 Å². The smallest absolute Gasteiger partial charge is 0.261 e. The van der Waals surface area contributed by atoms with Crippen LogP contribution in [0.25, 0.3) is 0 Å². The van der Waals surface area contributed by atoms with Crippen LogP contribution in [0.4, 0.5) is 0 Å². The standard InChI is InChI=1S/C16H25NO3/c1-2-3-4-5-6-10-13(18)14-15(19)12-9-7-8-11-17(12)16(14)20/h12,19H,2-11H2,1H3/t12-/m0/s1. The minimum absolute atomic E-state index is 0.0354. The third-order valence-corrected chi connectivity index (χ3v) is 4.34. The zero-order chi connectivity index (χ0) is 14.5. The molecule has 4 heteroatoms. The van der Waals surface area contributed by atoms with Gasteiger partial charge in [-0.05, 0) is 25.7 Å². The highest BCUT2D eigenvalue weighted by Gasteiger charge is 2.42. The van der Waals surface area contributed by atoms with Crippen LogP contribution in [0.1, 0.15) is 64.7 Å². The first-order valence-corrected chi connectivity index (χ1v) is 7.94. The number of piperidine rings is 1. The monoisotopic (exact) mass is 279 g/mol. The van der Waals surface area contributed by atoms with E-state index in [2.05, 4.69) is 6.92 Å². The van der Waals surface area contributed by atoms with Gasteiger partial charge in [0.1, 0.15) is 11.3 Å². The molecule has 0 saturated carbocycles. The van der Waals surface area contributed by atoms with Gasteiger partial charge in [0.25, 0.3) is 5.91 Å². The Morgan fingerprint density at radius 1 is 1.25 bits per heavy atom. The van der Waals surface area contributed by atoms with Crippen LogP contribution >= 0.6 is 0 Å². The van der Waals surface area contributed by atoms with Gasteiger partial charge in [0, 0.05) is 13.0 Å². The van der Waals surface area contributed by atoms with Gasteiger partial charge in [-0.3, -0.25) is 9.59 Å². The van der Waals surface area contributed by atoms with E-state index in [1.807, 2.05) is 0 Å². The normalized spacial score (nSPS) is 22.4. The van der Waals surface area contributed by atoms with E-state index in [9.17, 15) is 14.7 Å². The molecule has 0 aromatic rings. The zero-order valence-electron chi connectivity index (χ0n) is 12.4. The van der Waals surface area contributed by atoms with Crippen molar-refractivity contribution in [1.82, 2.24) is 4.90 Å². The van der Waals surface area contributed by atoms with Crippen LogP contribution in [0.5, 0.6) is 0 Å². The third kappa shape index (κ3) is 3.05. The second kappa shape index (κ2) is 6.91. The number of carbonyl (C=O) groups excluding carboxylic acids is 2. The number of fused-ring (bicyclic) bond motifs is 1. The molecule has 0 spiro atoms. The first kappa shape index (κ1) is 15.1. The molecule has 1 atom stereocenters. The molecule has 1 saturated heterocycles. The molecule has 1 amide bonds. The van der Waals surface area contributed by atoms with Crippen molar-refractivity contribution in [3.63, 3.8) is 0 Å². The van der Waals surface area contributed by atoms with Gasteiger partial charge in [-0.25, -0.2) is 0 Å². The highest BCUT2D eigenvalue weighted by molar-refractivity contribution is 6.21. The van der Waals surface area contributed by atoms with Crippen molar-refractivity contribution in [2.45, 2.75) is 70.8 Å². The summed E-state index contributed by atoms with van der Waals surface area (Å²) in [4.78, 5) is 26.1. The molecule has 2 aliphatic heterocycles. The number of aliphatic hydroxyl groups excluding tert-OH is 1. The molecule has 2 rings (SSSR count). The summed E-state index contributed by atoms with van der Waals surface area (Å²) in [5.41, 5.74) is 0.0763. The molecule has 20 heavy (non-hydrogen) atoms. The lowest BCUT2D eigenvalue weighted by Gasteiger charge is -2.29. The summed E-state index contributed by atoms with van der Waals surface area (Å²) in [5, 5.41) is 10.2. The molecule has 4 nitrogen and oxygen atoms in total. The molecule has 0 bridgehead atoms. The van der Waals surface area contributed by atoms with E-state index >= 15 is 0 Å². The SMILES string of the molecule is CCCCCCCC(=O)C1=C(O)[C@@H]2CCCCN2C1=O. The Hall–Kier alpha value is -1.32. The Morgan fingerprint density at radius 3 is 2.70 bits per heavy atom. The van der Waals surface area contributed by atoms with Crippen LogP contribution in [-0.4, -0.2) is 34.3 Å². The van der Waals surface area contributed by atoms with E-state index in [0.717, 1.165) is 38.5 Å². The molecule has 0 aromatic carbocycles. The first-order chi connectivity index (χ1) is 9.66. The molecule has 2 aliphatic rings. The molecule has 0 radical (unpaired) electrons. The highest BCUT2D eigenvalue weighted by atomic mass is 16.3. The van der Waals surface area contributed by atoms with Crippen molar-refractivity contribution in [2.24, 2.45) is 0 Å². The fourth-order valence-corrected chi connectivity index (χ4v) is 3.15. The second-order valence-corrected chi connectivity index (χ2v) is 5.86. The maximum Gasteiger partial charge on any atom is 0.261 e. The Labute approximate surface area is 120 Å².